The predicted molar refractivity (Wildman–Crippen MR) is 62.4 cm³/mol. The maximum atomic E-state index is 13.0. The molecule has 0 aromatic heterocycles. The van der Waals surface area contributed by atoms with Crippen LogP contribution in [0.3, 0.4) is 0 Å². The number of carbonyl (C=O) groups is 1. The minimum Gasteiger partial charge on any atom is -0.481 e. The molecule has 86 valence electrons. The molecule has 0 amide bonds. The van der Waals surface area contributed by atoms with Crippen molar-refractivity contribution in [1.82, 2.24) is 0 Å². The topological polar surface area (TPSA) is 37.3 Å². The Morgan fingerprint density at radius 3 is 2.56 bits per heavy atom. The highest BCUT2D eigenvalue weighted by Crippen LogP contribution is 2.65. The number of alkyl halides is 2. The van der Waals surface area contributed by atoms with Crippen molar-refractivity contribution in [3.8, 4) is 0 Å². The molecular weight excluding hydrogens is 322 g/mol. The van der Waals surface area contributed by atoms with Crippen LogP contribution in [0.15, 0.2) is 22.7 Å². The summed E-state index contributed by atoms with van der Waals surface area (Å²) < 4.78 is 12.0. The van der Waals surface area contributed by atoms with Crippen LogP contribution in [0, 0.1) is 11.7 Å². The van der Waals surface area contributed by atoms with Crippen LogP contribution in [0.5, 0.6) is 0 Å². The Labute approximate surface area is 109 Å². The van der Waals surface area contributed by atoms with Crippen LogP contribution in [0.1, 0.15) is 11.5 Å². The van der Waals surface area contributed by atoms with Crippen LogP contribution in [0.4, 0.5) is 4.39 Å². The molecule has 1 fully saturated rings. The van der Waals surface area contributed by atoms with Crippen molar-refractivity contribution < 1.29 is 14.3 Å². The molecule has 0 radical (unpaired) electrons. The van der Waals surface area contributed by atoms with Gasteiger partial charge < -0.3 is 5.11 Å². The summed E-state index contributed by atoms with van der Waals surface area (Å²) in [6, 6.07) is 4.25. The summed E-state index contributed by atoms with van der Waals surface area (Å²) >= 11 is 14.8. The molecule has 16 heavy (non-hydrogen) atoms. The zero-order chi connectivity index (χ0) is 12.1. The number of hydrogen-bond acceptors (Lipinski definition) is 1. The molecule has 1 unspecified atom stereocenters. The first kappa shape index (κ1) is 12.1. The van der Waals surface area contributed by atoms with Gasteiger partial charge in [0, 0.05) is 5.92 Å². The number of benzene rings is 1. The van der Waals surface area contributed by atoms with Gasteiger partial charge in [0.2, 0.25) is 0 Å². The molecule has 0 bridgehead atoms. The van der Waals surface area contributed by atoms with Crippen LogP contribution in [-0.4, -0.2) is 15.4 Å². The molecule has 2 rings (SSSR count). The van der Waals surface area contributed by atoms with Gasteiger partial charge in [0.05, 0.1) is 10.4 Å². The number of halogens is 4. The van der Waals surface area contributed by atoms with Crippen molar-refractivity contribution in [2.45, 2.75) is 10.3 Å². The lowest BCUT2D eigenvalue weighted by molar-refractivity contribution is -0.138. The van der Waals surface area contributed by atoms with Gasteiger partial charge >= 0.3 is 5.97 Å². The van der Waals surface area contributed by atoms with Gasteiger partial charge in [0.25, 0.3) is 0 Å². The molecule has 6 heteroatoms. The van der Waals surface area contributed by atoms with E-state index in [9.17, 15) is 9.18 Å². The minimum absolute atomic E-state index is 0.269. The Hall–Kier alpha value is -0.320. The Balaban J connectivity index is 2.33. The third-order valence-electron chi connectivity index (χ3n) is 2.62. The molecule has 0 heterocycles. The van der Waals surface area contributed by atoms with E-state index < -0.39 is 28.0 Å². The molecule has 0 spiro atoms. The van der Waals surface area contributed by atoms with Gasteiger partial charge in [0.15, 0.2) is 0 Å². The second-order valence-electron chi connectivity index (χ2n) is 3.64. The lowest BCUT2D eigenvalue weighted by atomic mass is 10.1. The van der Waals surface area contributed by atoms with Gasteiger partial charge in [-0.2, -0.15) is 0 Å². The fourth-order valence-corrected chi connectivity index (χ4v) is 2.97. The first-order valence-corrected chi connectivity index (χ1v) is 5.96. The Morgan fingerprint density at radius 2 is 2.12 bits per heavy atom. The molecule has 2 nitrogen and oxygen atoms in total. The van der Waals surface area contributed by atoms with Crippen LogP contribution in [-0.2, 0) is 4.79 Å². The summed E-state index contributed by atoms with van der Waals surface area (Å²) in [5.41, 5.74) is 0.616. The van der Waals surface area contributed by atoms with Gasteiger partial charge in [-0.3, -0.25) is 4.79 Å². The van der Waals surface area contributed by atoms with E-state index in [1.165, 1.54) is 18.2 Å². The highest BCUT2D eigenvalue weighted by molar-refractivity contribution is 9.10. The highest BCUT2D eigenvalue weighted by atomic mass is 79.9. The van der Waals surface area contributed by atoms with E-state index in [2.05, 4.69) is 15.9 Å². The molecule has 1 saturated carbocycles. The van der Waals surface area contributed by atoms with Crippen LogP contribution in [0.2, 0.25) is 0 Å². The van der Waals surface area contributed by atoms with E-state index in [0.29, 0.717) is 5.56 Å². The van der Waals surface area contributed by atoms with E-state index in [1.54, 1.807) is 0 Å². The summed E-state index contributed by atoms with van der Waals surface area (Å²) in [6.07, 6.45) is 0. The molecule has 0 saturated heterocycles. The van der Waals surface area contributed by atoms with Gasteiger partial charge in [-0.25, -0.2) is 4.39 Å². The quantitative estimate of drug-likeness (QED) is 0.843. The van der Waals surface area contributed by atoms with E-state index >= 15 is 0 Å². The minimum atomic E-state index is -1.30. The monoisotopic (exact) mass is 326 g/mol. The molecule has 1 N–H and O–H groups in total. The number of rotatable bonds is 2. The molecule has 1 aliphatic carbocycles. The van der Waals surface area contributed by atoms with Crippen molar-refractivity contribution in [3.05, 3.63) is 34.1 Å². The zero-order valence-electron chi connectivity index (χ0n) is 7.75. The van der Waals surface area contributed by atoms with E-state index in [0.717, 1.165) is 0 Å². The first-order chi connectivity index (χ1) is 7.35. The first-order valence-electron chi connectivity index (χ1n) is 4.41. The summed E-state index contributed by atoms with van der Waals surface area (Å²) in [7, 11) is 0. The van der Waals surface area contributed by atoms with Crippen molar-refractivity contribution in [2.75, 3.05) is 0 Å². The second-order valence-corrected chi connectivity index (χ2v) is 5.94. The smallest absolute Gasteiger partial charge is 0.310 e. The maximum absolute atomic E-state index is 13.0. The van der Waals surface area contributed by atoms with Crippen LogP contribution >= 0.6 is 39.1 Å². The third-order valence-corrected chi connectivity index (χ3v) is 4.17. The van der Waals surface area contributed by atoms with Crippen LogP contribution in [0.25, 0.3) is 0 Å². The standard InChI is InChI=1S/C10H6BrCl2FO2/c11-5-3-4(1-2-6(5)14)7-8(9(15)16)10(7,12)13/h1-3,7-8H,(H,15,16)/t7-,8?/m0/s1. The molecule has 1 aliphatic rings. The average molecular weight is 328 g/mol. The zero-order valence-corrected chi connectivity index (χ0v) is 10.9. The number of carboxylic acid groups (broad SMARTS) is 1. The molecule has 2 atom stereocenters. The van der Waals surface area contributed by atoms with Crippen molar-refractivity contribution >= 4 is 45.1 Å². The van der Waals surface area contributed by atoms with Crippen molar-refractivity contribution in [1.29, 1.82) is 0 Å². The van der Waals surface area contributed by atoms with Gasteiger partial charge in [0.1, 0.15) is 10.2 Å². The maximum Gasteiger partial charge on any atom is 0.310 e. The molecular formula is C10H6BrCl2FO2. The summed E-state index contributed by atoms with van der Waals surface area (Å²) in [4.78, 5) is 10.9. The fraction of sp³-hybridized carbons (Fsp3) is 0.300. The Bertz CT molecular complexity index is 464. The predicted octanol–water partition coefficient (Wildman–Crippen LogP) is 3.56. The number of carboxylic acids is 1. The largest absolute Gasteiger partial charge is 0.481 e. The molecule has 1 aromatic rings. The Kier molecular flexibility index (Phi) is 2.93. The lowest BCUT2D eigenvalue weighted by Gasteiger charge is -2.01. The average Bonchev–Trinajstić information content (AvgIpc) is 2.74. The summed E-state index contributed by atoms with van der Waals surface area (Å²) in [5.74, 6) is -2.79. The second kappa shape index (κ2) is 3.86. The van der Waals surface area contributed by atoms with Gasteiger partial charge in [-0.1, -0.05) is 29.3 Å². The van der Waals surface area contributed by atoms with Crippen LogP contribution < -0.4 is 0 Å². The summed E-state index contributed by atoms with van der Waals surface area (Å²) in [5, 5.41) is 8.89. The molecule has 0 aliphatic heterocycles. The van der Waals surface area contributed by atoms with Crippen molar-refractivity contribution in [2.24, 2.45) is 5.92 Å². The van der Waals surface area contributed by atoms with Crippen molar-refractivity contribution in [3.63, 3.8) is 0 Å². The Morgan fingerprint density at radius 1 is 1.50 bits per heavy atom. The third kappa shape index (κ3) is 1.83. The number of hydrogen-bond donors (Lipinski definition) is 1. The van der Waals surface area contributed by atoms with Gasteiger partial charge in [-0.05, 0) is 33.6 Å². The van der Waals surface area contributed by atoms with E-state index in [4.69, 9.17) is 28.3 Å². The fourth-order valence-electron chi connectivity index (χ4n) is 1.75. The normalized spacial score (nSPS) is 26.5. The highest BCUT2D eigenvalue weighted by Gasteiger charge is 2.68. The van der Waals surface area contributed by atoms with Gasteiger partial charge in [-0.15, -0.1) is 0 Å². The summed E-state index contributed by atoms with van der Waals surface area (Å²) in [6.45, 7) is 0. The lowest BCUT2D eigenvalue weighted by Crippen LogP contribution is -2.03. The van der Waals surface area contributed by atoms with E-state index in [-0.39, 0.29) is 4.47 Å². The number of aliphatic carboxylic acids is 1. The SMILES string of the molecule is O=C(O)C1[C@H](c2ccc(F)c(Br)c2)C1(Cl)Cl. The molecule has 1 aromatic carbocycles. The van der Waals surface area contributed by atoms with E-state index in [1.807, 2.05) is 0 Å².